The Morgan fingerprint density at radius 1 is 1.31 bits per heavy atom. The SMILES string of the molecule is CC(C)[C@@H](Sc1nnc(-c2sc3ccccc3c2Cl)o1)C(=O)NC(N)=O. The molecule has 3 amide bonds. The van der Waals surface area contributed by atoms with Crippen molar-refractivity contribution in [1.82, 2.24) is 15.5 Å². The number of urea groups is 1. The van der Waals surface area contributed by atoms with Crippen LogP contribution in [0.1, 0.15) is 13.8 Å². The van der Waals surface area contributed by atoms with Crippen LogP contribution in [0.25, 0.3) is 20.9 Å². The largest absolute Gasteiger partial charge is 0.410 e. The average molecular weight is 411 g/mol. The van der Waals surface area contributed by atoms with E-state index in [1.54, 1.807) is 0 Å². The lowest BCUT2D eigenvalue weighted by atomic mass is 10.1. The number of benzene rings is 1. The normalized spacial score (nSPS) is 12.5. The van der Waals surface area contributed by atoms with Crippen LogP contribution in [-0.4, -0.2) is 27.4 Å². The van der Waals surface area contributed by atoms with E-state index in [-0.39, 0.29) is 17.0 Å². The number of rotatable bonds is 5. The van der Waals surface area contributed by atoms with Gasteiger partial charge < -0.3 is 10.2 Å². The molecule has 0 radical (unpaired) electrons. The average Bonchev–Trinajstić information content (AvgIpc) is 3.16. The topological polar surface area (TPSA) is 111 Å². The molecule has 3 N–H and O–H groups in total. The maximum atomic E-state index is 12.1. The van der Waals surface area contributed by atoms with Crippen LogP contribution in [-0.2, 0) is 4.79 Å². The van der Waals surface area contributed by atoms with Crippen molar-refractivity contribution in [2.75, 3.05) is 0 Å². The Morgan fingerprint density at radius 3 is 2.69 bits per heavy atom. The number of thiophene rings is 1. The van der Waals surface area contributed by atoms with E-state index in [1.165, 1.54) is 11.3 Å². The van der Waals surface area contributed by atoms with Crippen LogP contribution in [0.4, 0.5) is 4.79 Å². The lowest BCUT2D eigenvalue weighted by Crippen LogP contribution is -2.42. The van der Waals surface area contributed by atoms with Gasteiger partial charge in [0.1, 0.15) is 4.88 Å². The van der Waals surface area contributed by atoms with Crippen LogP contribution in [0.5, 0.6) is 0 Å². The highest BCUT2D eigenvalue weighted by molar-refractivity contribution is 8.00. The highest BCUT2D eigenvalue weighted by atomic mass is 35.5. The molecular weight excluding hydrogens is 396 g/mol. The predicted molar refractivity (Wildman–Crippen MR) is 102 cm³/mol. The van der Waals surface area contributed by atoms with E-state index < -0.39 is 17.2 Å². The summed E-state index contributed by atoms with van der Waals surface area (Å²) in [6.07, 6.45) is 0. The number of nitrogens with two attached hydrogens (primary N) is 1. The molecule has 136 valence electrons. The maximum absolute atomic E-state index is 12.1. The number of carbonyl (C=O) groups is 2. The Morgan fingerprint density at radius 2 is 2.04 bits per heavy atom. The molecule has 0 aliphatic carbocycles. The summed E-state index contributed by atoms with van der Waals surface area (Å²) in [4.78, 5) is 23.7. The van der Waals surface area contributed by atoms with Crippen molar-refractivity contribution >= 4 is 56.7 Å². The summed E-state index contributed by atoms with van der Waals surface area (Å²) >= 11 is 8.95. The van der Waals surface area contributed by atoms with Crippen LogP contribution >= 0.6 is 34.7 Å². The second kappa shape index (κ2) is 7.65. The van der Waals surface area contributed by atoms with Gasteiger partial charge in [-0.05, 0) is 12.0 Å². The Kier molecular flexibility index (Phi) is 5.49. The molecule has 7 nitrogen and oxygen atoms in total. The van der Waals surface area contributed by atoms with Crippen molar-refractivity contribution in [1.29, 1.82) is 0 Å². The fourth-order valence-corrected chi connectivity index (χ4v) is 4.60. The molecule has 0 aliphatic rings. The minimum Gasteiger partial charge on any atom is -0.410 e. The molecule has 0 spiro atoms. The fourth-order valence-electron chi connectivity index (χ4n) is 2.29. The van der Waals surface area contributed by atoms with Gasteiger partial charge in [0.15, 0.2) is 0 Å². The molecule has 10 heteroatoms. The van der Waals surface area contributed by atoms with Gasteiger partial charge in [0.05, 0.1) is 10.3 Å². The number of carbonyl (C=O) groups excluding carboxylic acids is 2. The summed E-state index contributed by atoms with van der Waals surface area (Å²) in [6, 6.07) is 6.82. The van der Waals surface area contributed by atoms with E-state index >= 15 is 0 Å². The molecule has 3 aromatic rings. The van der Waals surface area contributed by atoms with E-state index in [9.17, 15) is 9.59 Å². The third-order valence-corrected chi connectivity index (χ3v) is 6.52. The molecule has 2 heterocycles. The number of aromatic nitrogens is 2. The summed E-state index contributed by atoms with van der Waals surface area (Å²) in [6.45, 7) is 3.69. The first-order chi connectivity index (χ1) is 12.4. The van der Waals surface area contributed by atoms with Gasteiger partial charge in [0.25, 0.3) is 11.1 Å². The molecule has 0 saturated carbocycles. The van der Waals surface area contributed by atoms with E-state index in [0.717, 1.165) is 21.8 Å². The van der Waals surface area contributed by atoms with E-state index in [1.807, 2.05) is 38.1 Å². The first-order valence-corrected chi connectivity index (χ1v) is 9.72. The van der Waals surface area contributed by atoms with Crippen LogP contribution < -0.4 is 11.1 Å². The molecule has 0 aliphatic heterocycles. The minimum atomic E-state index is -0.899. The second-order valence-electron chi connectivity index (χ2n) is 5.75. The molecule has 3 rings (SSSR count). The number of nitrogens with one attached hydrogen (secondary N) is 1. The smallest absolute Gasteiger partial charge is 0.318 e. The highest BCUT2D eigenvalue weighted by Crippen LogP contribution is 2.42. The summed E-state index contributed by atoms with van der Waals surface area (Å²) in [5.74, 6) is -0.295. The fraction of sp³-hybridized carbons (Fsp3) is 0.250. The third-order valence-electron chi connectivity index (χ3n) is 3.47. The zero-order valence-electron chi connectivity index (χ0n) is 13.9. The zero-order chi connectivity index (χ0) is 18.8. The summed E-state index contributed by atoms with van der Waals surface area (Å²) < 4.78 is 6.70. The number of imide groups is 1. The van der Waals surface area contributed by atoms with Crippen molar-refractivity contribution in [2.24, 2.45) is 11.7 Å². The number of fused-ring (bicyclic) bond motifs is 1. The molecule has 26 heavy (non-hydrogen) atoms. The van der Waals surface area contributed by atoms with Gasteiger partial charge in [0.2, 0.25) is 5.91 Å². The first-order valence-electron chi connectivity index (χ1n) is 7.64. The highest BCUT2D eigenvalue weighted by Gasteiger charge is 2.27. The third kappa shape index (κ3) is 3.84. The van der Waals surface area contributed by atoms with Gasteiger partial charge in [-0.25, -0.2) is 4.79 Å². The summed E-state index contributed by atoms with van der Waals surface area (Å²) in [5.41, 5.74) is 5.01. The van der Waals surface area contributed by atoms with Crippen LogP contribution in [0.3, 0.4) is 0 Å². The molecule has 1 atom stereocenters. The first kappa shape index (κ1) is 18.7. The molecule has 2 aromatic heterocycles. The van der Waals surface area contributed by atoms with Crippen LogP contribution in [0.2, 0.25) is 5.02 Å². The number of hydrogen-bond acceptors (Lipinski definition) is 7. The van der Waals surface area contributed by atoms with Crippen LogP contribution in [0, 0.1) is 5.92 Å². The Balaban J connectivity index is 1.85. The van der Waals surface area contributed by atoms with Gasteiger partial charge >= 0.3 is 6.03 Å². The summed E-state index contributed by atoms with van der Waals surface area (Å²) in [7, 11) is 0. The Hall–Kier alpha value is -2.10. The lowest BCUT2D eigenvalue weighted by molar-refractivity contribution is -0.120. The van der Waals surface area contributed by atoms with E-state index in [2.05, 4.69) is 15.5 Å². The van der Waals surface area contributed by atoms with Gasteiger partial charge in [-0.15, -0.1) is 21.5 Å². The van der Waals surface area contributed by atoms with Gasteiger partial charge in [-0.2, -0.15) is 0 Å². The van der Waals surface area contributed by atoms with Crippen molar-refractivity contribution in [3.05, 3.63) is 29.3 Å². The molecular formula is C16H15ClN4O3S2. The predicted octanol–water partition coefficient (Wildman–Crippen LogP) is 3.92. The number of hydrogen-bond donors (Lipinski definition) is 2. The van der Waals surface area contributed by atoms with Crippen molar-refractivity contribution in [2.45, 2.75) is 24.3 Å². The second-order valence-corrected chi connectivity index (χ2v) is 8.27. The Labute approximate surface area is 162 Å². The van der Waals surface area contributed by atoms with Crippen molar-refractivity contribution in [3.8, 4) is 10.8 Å². The van der Waals surface area contributed by atoms with Crippen LogP contribution in [0.15, 0.2) is 33.9 Å². The number of primary amides is 1. The van der Waals surface area contributed by atoms with Crippen molar-refractivity contribution in [3.63, 3.8) is 0 Å². The minimum absolute atomic E-state index is 0.0809. The molecule has 0 bridgehead atoms. The maximum Gasteiger partial charge on any atom is 0.318 e. The number of halogens is 1. The molecule has 0 fully saturated rings. The van der Waals surface area contributed by atoms with Gasteiger partial charge in [-0.1, -0.05) is 55.4 Å². The standard InChI is InChI=1S/C16H15ClN4O3S2/c1-7(2)11(13(22)19-15(18)23)26-16-21-20-14(24-16)12-10(17)8-5-3-4-6-9(8)25-12/h3-7,11H,1-2H3,(H3,18,19,22,23)/t11-/m1/s1. The Bertz CT molecular complexity index is 969. The number of nitrogens with zero attached hydrogens (tertiary/aromatic N) is 2. The molecule has 0 saturated heterocycles. The van der Waals surface area contributed by atoms with E-state index in [0.29, 0.717) is 9.90 Å². The van der Waals surface area contributed by atoms with Gasteiger partial charge in [0, 0.05) is 10.1 Å². The van der Waals surface area contributed by atoms with Gasteiger partial charge in [-0.3, -0.25) is 10.1 Å². The molecule has 1 aromatic carbocycles. The van der Waals surface area contributed by atoms with Crippen molar-refractivity contribution < 1.29 is 14.0 Å². The zero-order valence-corrected chi connectivity index (χ0v) is 16.2. The summed E-state index contributed by atoms with van der Waals surface area (Å²) in [5, 5.41) is 11.2. The molecule has 0 unspecified atom stereocenters. The quantitative estimate of drug-likeness (QED) is 0.616. The lowest BCUT2D eigenvalue weighted by Gasteiger charge is -2.16. The van der Waals surface area contributed by atoms with E-state index in [4.69, 9.17) is 21.8 Å². The number of thioether (sulfide) groups is 1. The monoisotopic (exact) mass is 410 g/mol. The number of amides is 3.